The minimum absolute atomic E-state index is 0.0752. The molecule has 0 saturated carbocycles. The zero-order valence-corrected chi connectivity index (χ0v) is 9.76. The molecule has 1 amide bonds. The first-order chi connectivity index (χ1) is 8.16. The van der Waals surface area contributed by atoms with Crippen molar-refractivity contribution < 1.29 is 4.79 Å². The Kier molecular flexibility index (Phi) is 3.39. The summed E-state index contributed by atoms with van der Waals surface area (Å²) in [6.45, 7) is 2.62. The molecule has 5 nitrogen and oxygen atoms in total. The summed E-state index contributed by atoms with van der Waals surface area (Å²) in [6, 6.07) is 6.01. The number of amides is 1. The quantitative estimate of drug-likeness (QED) is 0.796. The second kappa shape index (κ2) is 4.97. The monoisotopic (exact) mass is 232 g/mol. The van der Waals surface area contributed by atoms with Gasteiger partial charge in [0.15, 0.2) is 0 Å². The fourth-order valence-corrected chi connectivity index (χ4v) is 1.78. The summed E-state index contributed by atoms with van der Waals surface area (Å²) < 4.78 is 1.83. The summed E-state index contributed by atoms with van der Waals surface area (Å²) in [4.78, 5) is 10.7. The largest absolute Gasteiger partial charge is 0.370 e. The average Bonchev–Trinajstić information content (AvgIpc) is 2.69. The molecule has 3 N–H and O–H groups in total. The van der Waals surface area contributed by atoms with Crippen LogP contribution in [0.15, 0.2) is 30.6 Å². The molecule has 1 atom stereocenters. The fraction of sp³-hybridized carbons (Fsp3) is 0.333. The molecule has 17 heavy (non-hydrogen) atoms. The van der Waals surface area contributed by atoms with Crippen LogP contribution in [0.1, 0.15) is 18.9 Å². The molecule has 0 aromatic carbocycles. The van der Waals surface area contributed by atoms with Crippen LogP contribution in [0.25, 0.3) is 5.52 Å². The standard InChI is InChI=1S/C12H16N4O/c1-9(6-12(13)17)14-7-10-8-15-16-5-3-2-4-11(10)16/h2-5,8-9,14H,6-7H2,1H3,(H2,13,17). The Labute approximate surface area is 99.6 Å². The lowest BCUT2D eigenvalue weighted by atomic mass is 10.2. The summed E-state index contributed by atoms with van der Waals surface area (Å²) in [5.41, 5.74) is 7.33. The van der Waals surface area contributed by atoms with Gasteiger partial charge in [-0.15, -0.1) is 0 Å². The van der Waals surface area contributed by atoms with Crippen molar-refractivity contribution in [1.82, 2.24) is 14.9 Å². The molecule has 0 aliphatic heterocycles. The van der Waals surface area contributed by atoms with Gasteiger partial charge in [-0.05, 0) is 19.1 Å². The van der Waals surface area contributed by atoms with E-state index in [1.54, 1.807) is 0 Å². The first-order valence-electron chi connectivity index (χ1n) is 5.60. The van der Waals surface area contributed by atoms with E-state index in [2.05, 4.69) is 10.4 Å². The van der Waals surface area contributed by atoms with Gasteiger partial charge in [0, 0.05) is 30.8 Å². The highest BCUT2D eigenvalue weighted by atomic mass is 16.1. The highest BCUT2D eigenvalue weighted by Gasteiger charge is 2.07. The second-order valence-corrected chi connectivity index (χ2v) is 4.15. The topological polar surface area (TPSA) is 72.4 Å². The maximum atomic E-state index is 10.7. The summed E-state index contributed by atoms with van der Waals surface area (Å²) in [7, 11) is 0. The first-order valence-corrected chi connectivity index (χ1v) is 5.60. The third kappa shape index (κ3) is 2.82. The van der Waals surface area contributed by atoms with Gasteiger partial charge in [0.2, 0.25) is 5.91 Å². The van der Waals surface area contributed by atoms with Crippen LogP contribution >= 0.6 is 0 Å². The molecule has 0 saturated heterocycles. The van der Waals surface area contributed by atoms with Crippen LogP contribution in [0.2, 0.25) is 0 Å². The van der Waals surface area contributed by atoms with Crippen molar-refractivity contribution in [2.24, 2.45) is 5.73 Å². The van der Waals surface area contributed by atoms with Crippen molar-refractivity contribution in [3.63, 3.8) is 0 Å². The van der Waals surface area contributed by atoms with Crippen molar-refractivity contribution in [3.05, 3.63) is 36.2 Å². The molecule has 90 valence electrons. The van der Waals surface area contributed by atoms with Gasteiger partial charge >= 0.3 is 0 Å². The lowest BCUT2D eigenvalue weighted by molar-refractivity contribution is -0.118. The Balaban J connectivity index is 2.02. The summed E-state index contributed by atoms with van der Waals surface area (Å²) >= 11 is 0. The Morgan fingerprint density at radius 2 is 2.41 bits per heavy atom. The number of carbonyl (C=O) groups excluding carboxylic acids is 1. The number of aromatic nitrogens is 2. The molecule has 0 bridgehead atoms. The van der Waals surface area contributed by atoms with Crippen molar-refractivity contribution in [2.75, 3.05) is 0 Å². The lowest BCUT2D eigenvalue weighted by Crippen LogP contribution is -2.30. The highest BCUT2D eigenvalue weighted by molar-refractivity contribution is 5.74. The van der Waals surface area contributed by atoms with Crippen LogP contribution < -0.4 is 11.1 Å². The van der Waals surface area contributed by atoms with E-state index in [0.717, 1.165) is 11.1 Å². The van der Waals surface area contributed by atoms with E-state index in [1.807, 2.05) is 42.0 Å². The molecule has 5 heteroatoms. The Hall–Kier alpha value is -1.88. The first kappa shape index (κ1) is 11.6. The van der Waals surface area contributed by atoms with E-state index in [9.17, 15) is 4.79 Å². The maximum absolute atomic E-state index is 10.7. The van der Waals surface area contributed by atoms with Gasteiger partial charge < -0.3 is 11.1 Å². The number of nitrogens with two attached hydrogens (primary N) is 1. The zero-order valence-electron chi connectivity index (χ0n) is 9.76. The van der Waals surface area contributed by atoms with Crippen molar-refractivity contribution in [1.29, 1.82) is 0 Å². The normalized spacial score (nSPS) is 12.8. The van der Waals surface area contributed by atoms with Crippen LogP contribution in [0.3, 0.4) is 0 Å². The van der Waals surface area contributed by atoms with Gasteiger partial charge in [0.25, 0.3) is 0 Å². The third-order valence-electron chi connectivity index (χ3n) is 2.65. The number of fused-ring (bicyclic) bond motifs is 1. The van der Waals surface area contributed by atoms with Crippen molar-refractivity contribution in [2.45, 2.75) is 25.9 Å². The number of nitrogens with one attached hydrogen (secondary N) is 1. The van der Waals surface area contributed by atoms with Crippen LogP contribution in [0.5, 0.6) is 0 Å². The predicted octanol–water partition coefficient (Wildman–Crippen LogP) is 0.688. The maximum Gasteiger partial charge on any atom is 0.218 e. The molecule has 2 heterocycles. The van der Waals surface area contributed by atoms with Gasteiger partial charge in [0.05, 0.1) is 11.7 Å². The molecule has 0 aliphatic rings. The van der Waals surface area contributed by atoms with E-state index >= 15 is 0 Å². The number of carbonyl (C=O) groups is 1. The van der Waals surface area contributed by atoms with Crippen LogP contribution in [-0.2, 0) is 11.3 Å². The molecule has 2 aromatic rings. The number of primary amides is 1. The van der Waals surface area contributed by atoms with Crippen LogP contribution in [0.4, 0.5) is 0 Å². The molecule has 0 radical (unpaired) electrons. The third-order valence-corrected chi connectivity index (χ3v) is 2.65. The van der Waals surface area contributed by atoms with E-state index in [1.165, 1.54) is 0 Å². The molecule has 0 aliphatic carbocycles. The van der Waals surface area contributed by atoms with E-state index in [0.29, 0.717) is 13.0 Å². The summed E-state index contributed by atoms with van der Waals surface area (Å²) in [6.07, 6.45) is 4.09. The molecule has 0 spiro atoms. The zero-order chi connectivity index (χ0) is 12.3. The minimum atomic E-state index is -0.287. The van der Waals surface area contributed by atoms with Gasteiger partial charge in [-0.1, -0.05) is 6.07 Å². The fourth-order valence-electron chi connectivity index (χ4n) is 1.78. The molecule has 2 rings (SSSR count). The molecular weight excluding hydrogens is 216 g/mol. The van der Waals surface area contributed by atoms with E-state index in [4.69, 9.17) is 5.73 Å². The van der Waals surface area contributed by atoms with Gasteiger partial charge in [-0.2, -0.15) is 5.10 Å². The van der Waals surface area contributed by atoms with Crippen LogP contribution in [-0.4, -0.2) is 21.6 Å². The minimum Gasteiger partial charge on any atom is -0.370 e. The highest BCUT2D eigenvalue weighted by Crippen LogP contribution is 2.09. The molecule has 1 unspecified atom stereocenters. The Morgan fingerprint density at radius 3 is 3.18 bits per heavy atom. The Bertz CT molecular complexity index is 520. The number of nitrogens with zero attached hydrogens (tertiary/aromatic N) is 2. The van der Waals surface area contributed by atoms with Gasteiger partial charge in [0.1, 0.15) is 0 Å². The smallest absolute Gasteiger partial charge is 0.218 e. The number of rotatable bonds is 5. The number of pyridine rings is 1. The van der Waals surface area contributed by atoms with Gasteiger partial charge in [-0.3, -0.25) is 4.79 Å². The predicted molar refractivity (Wildman–Crippen MR) is 65.3 cm³/mol. The van der Waals surface area contributed by atoms with Crippen molar-refractivity contribution in [3.8, 4) is 0 Å². The van der Waals surface area contributed by atoms with E-state index in [-0.39, 0.29) is 11.9 Å². The second-order valence-electron chi connectivity index (χ2n) is 4.15. The number of hydrogen-bond acceptors (Lipinski definition) is 3. The summed E-state index contributed by atoms with van der Waals surface area (Å²) in [5.74, 6) is -0.287. The molecule has 2 aromatic heterocycles. The number of hydrogen-bond donors (Lipinski definition) is 2. The molecule has 0 fully saturated rings. The lowest BCUT2D eigenvalue weighted by Gasteiger charge is -2.10. The van der Waals surface area contributed by atoms with Gasteiger partial charge in [-0.25, -0.2) is 4.52 Å². The molecular formula is C12H16N4O. The summed E-state index contributed by atoms with van der Waals surface area (Å²) in [5, 5.41) is 7.50. The SMILES string of the molecule is CC(CC(N)=O)NCc1cnn2ccccc12. The average molecular weight is 232 g/mol. The van der Waals surface area contributed by atoms with Crippen LogP contribution in [0, 0.1) is 0 Å². The Morgan fingerprint density at radius 1 is 1.59 bits per heavy atom. The van der Waals surface area contributed by atoms with E-state index < -0.39 is 0 Å². The van der Waals surface area contributed by atoms with Crippen molar-refractivity contribution >= 4 is 11.4 Å².